The van der Waals surface area contributed by atoms with Crippen LogP contribution in [0.4, 0.5) is 5.69 Å². The van der Waals surface area contributed by atoms with Crippen LogP contribution in [0.15, 0.2) is 77.7 Å². The van der Waals surface area contributed by atoms with Crippen molar-refractivity contribution in [2.75, 3.05) is 11.9 Å². The van der Waals surface area contributed by atoms with E-state index in [1.54, 1.807) is 36.2 Å². The molecule has 0 fully saturated rings. The van der Waals surface area contributed by atoms with Crippen LogP contribution in [-0.2, 0) is 21.2 Å². The highest BCUT2D eigenvalue weighted by atomic mass is 32.2. The van der Waals surface area contributed by atoms with Gasteiger partial charge in [-0.05, 0) is 73.7 Å². The first-order valence-electron chi connectivity index (χ1n) is 10.7. The van der Waals surface area contributed by atoms with Gasteiger partial charge in [0.15, 0.2) is 0 Å². The van der Waals surface area contributed by atoms with Crippen LogP contribution in [0.5, 0.6) is 0 Å². The number of sulfonamides is 1. The molecule has 0 aliphatic rings. The normalized spacial score (nSPS) is 12.4. The van der Waals surface area contributed by atoms with E-state index in [-0.39, 0.29) is 16.8 Å². The van der Waals surface area contributed by atoms with Crippen molar-refractivity contribution in [3.8, 4) is 0 Å². The van der Waals surface area contributed by atoms with Crippen LogP contribution in [0.1, 0.15) is 41.6 Å². The number of carbonyl (C=O) groups is 1. The minimum atomic E-state index is -3.64. The van der Waals surface area contributed by atoms with Gasteiger partial charge in [-0.2, -0.15) is 0 Å². The van der Waals surface area contributed by atoms with Crippen molar-refractivity contribution in [3.05, 3.63) is 95.1 Å². The minimum Gasteiger partial charge on any atom is -0.315 e. The third-order valence-electron chi connectivity index (χ3n) is 5.74. The van der Waals surface area contributed by atoms with E-state index in [2.05, 4.69) is 4.72 Å². The molecule has 0 spiro atoms. The largest absolute Gasteiger partial charge is 0.315 e. The second kappa shape index (κ2) is 10.1. The molecule has 32 heavy (non-hydrogen) atoms. The predicted molar refractivity (Wildman–Crippen MR) is 129 cm³/mol. The summed E-state index contributed by atoms with van der Waals surface area (Å²) in [6.45, 7) is 5.89. The number of aryl methyl sites for hydroxylation is 3. The first kappa shape index (κ1) is 23.7. The number of anilines is 1. The summed E-state index contributed by atoms with van der Waals surface area (Å²) in [6, 6.07) is 21.8. The van der Waals surface area contributed by atoms with Gasteiger partial charge in [0.1, 0.15) is 0 Å². The molecule has 5 nitrogen and oxygen atoms in total. The number of rotatable bonds is 8. The topological polar surface area (TPSA) is 66.5 Å². The van der Waals surface area contributed by atoms with E-state index in [0.717, 1.165) is 22.4 Å². The van der Waals surface area contributed by atoms with E-state index in [9.17, 15) is 13.2 Å². The maximum atomic E-state index is 12.7. The van der Waals surface area contributed by atoms with Crippen LogP contribution in [0.2, 0.25) is 0 Å². The lowest BCUT2D eigenvalue weighted by Crippen LogP contribution is -2.27. The molecule has 0 unspecified atom stereocenters. The molecule has 0 bridgehead atoms. The summed E-state index contributed by atoms with van der Waals surface area (Å²) in [5, 5.41) is 0. The molecule has 0 saturated carbocycles. The van der Waals surface area contributed by atoms with Crippen molar-refractivity contribution in [1.82, 2.24) is 4.72 Å². The van der Waals surface area contributed by atoms with E-state index in [4.69, 9.17) is 0 Å². The van der Waals surface area contributed by atoms with Crippen molar-refractivity contribution >= 4 is 21.6 Å². The molecular weight excluding hydrogens is 420 g/mol. The lowest BCUT2D eigenvalue weighted by Gasteiger charge is -2.18. The zero-order valence-electron chi connectivity index (χ0n) is 19.0. The molecule has 0 heterocycles. The summed E-state index contributed by atoms with van der Waals surface area (Å²) >= 11 is 0. The summed E-state index contributed by atoms with van der Waals surface area (Å²) in [5.41, 5.74) is 5.03. The molecule has 0 saturated heterocycles. The van der Waals surface area contributed by atoms with E-state index in [1.807, 2.05) is 69.3 Å². The first-order chi connectivity index (χ1) is 15.2. The molecule has 1 atom stereocenters. The number of hydrogen-bond donors (Lipinski definition) is 1. The number of nitrogens with zero attached hydrogens (tertiary/aromatic N) is 1. The highest BCUT2D eigenvalue weighted by Crippen LogP contribution is 2.20. The standard InChI is InChI=1S/C26H30N2O3S/c1-19-10-14-24(18-20(19)2)28(4)26(29)17-13-22-11-15-25(16-12-22)32(30,31)27-21(3)23-8-6-5-7-9-23/h5-12,14-16,18,21,27H,13,17H2,1-4H3/t21-/m0/s1. The van der Waals surface area contributed by atoms with Gasteiger partial charge in [-0.25, -0.2) is 13.1 Å². The smallest absolute Gasteiger partial charge is 0.241 e. The molecule has 3 aromatic carbocycles. The third-order valence-corrected chi connectivity index (χ3v) is 7.30. The van der Waals surface area contributed by atoms with E-state index >= 15 is 0 Å². The Kier molecular flexibility index (Phi) is 7.48. The summed E-state index contributed by atoms with van der Waals surface area (Å²) in [4.78, 5) is 14.5. The van der Waals surface area contributed by atoms with Crippen LogP contribution >= 0.6 is 0 Å². The van der Waals surface area contributed by atoms with Gasteiger partial charge in [0.2, 0.25) is 15.9 Å². The van der Waals surface area contributed by atoms with Crippen molar-refractivity contribution in [1.29, 1.82) is 0 Å². The van der Waals surface area contributed by atoms with Crippen LogP contribution < -0.4 is 9.62 Å². The number of benzene rings is 3. The lowest BCUT2D eigenvalue weighted by atomic mass is 10.1. The molecule has 3 rings (SSSR count). The number of carbonyl (C=O) groups excluding carboxylic acids is 1. The Morgan fingerprint density at radius 3 is 2.22 bits per heavy atom. The van der Waals surface area contributed by atoms with Gasteiger partial charge in [0, 0.05) is 25.2 Å². The first-order valence-corrected chi connectivity index (χ1v) is 12.2. The maximum Gasteiger partial charge on any atom is 0.241 e. The Morgan fingerprint density at radius 2 is 1.59 bits per heavy atom. The molecule has 0 radical (unpaired) electrons. The molecule has 1 amide bonds. The SMILES string of the molecule is Cc1ccc(N(C)C(=O)CCc2ccc(S(=O)(=O)N[C@@H](C)c3ccccc3)cc2)cc1C. The van der Waals surface area contributed by atoms with E-state index in [1.165, 1.54) is 5.56 Å². The second-order valence-corrected chi connectivity index (χ2v) is 9.83. The van der Waals surface area contributed by atoms with Crippen LogP contribution in [0.3, 0.4) is 0 Å². The van der Waals surface area contributed by atoms with Gasteiger partial charge in [0.05, 0.1) is 4.90 Å². The van der Waals surface area contributed by atoms with Gasteiger partial charge in [-0.15, -0.1) is 0 Å². The Bertz CT molecular complexity index is 1170. The van der Waals surface area contributed by atoms with Crippen molar-refractivity contribution in [3.63, 3.8) is 0 Å². The van der Waals surface area contributed by atoms with Crippen molar-refractivity contribution in [2.45, 2.75) is 44.6 Å². The Morgan fingerprint density at radius 1 is 0.938 bits per heavy atom. The second-order valence-electron chi connectivity index (χ2n) is 8.12. The highest BCUT2D eigenvalue weighted by Gasteiger charge is 2.18. The van der Waals surface area contributed by atoms with E-state index < -0.39 is 10.0 Å². The molecule has 168 valence electrons. The molecule has 0 aliphatic carbocycles. The number of hydrogen-bond acceptors (Lipinski definition) is 3. The molecule has 0 aromatic heterocycles. The Labute approximate surface area is 191 Å². The Balaban J connectivity index is 1.60. The molecular formula is C26H30N2O3S. The lowest BCUT2D eigenvalue weighted by molar-refractivity contribution is -0.118. The summed E-state index contributed by atoms with van der Waals surface area (Å²) in [6.07, 6.45) is 0.890. The van der Waals surface area contributed by atoms with Gasteiger partial charge < -0.3 is 4.90 Å². The van der Waals surface area contributed by atoms with Gasteiger partial charge in [0.25, 0.3) is 0 Å². The molecule has 0 aliphatic heterocycles. The number of amides is 1. The maximum absolute atomic E-state index is 12.7. The fourth-order valence-corrected chi connectivity index (χ4v) is 4.67. The van der Waals surface area contributed by atoms with Crippen molar-refractivity contribution < 1.29 is 13.2 Å². The zero-order chi connectivity index (χ0) is 23.3. The van der Waals surface area contributed by atoms with Crippen LogP contribution in [-0.4, -0.2) is 21.4 Å². The van der Waals surface area contributed by atoms with Crippen molar-refractivity contribution in [2.24, 2.45) is 0 Å². The fraction of sp³-hybridized carbons (Fsp3) is 0.269. The molecule has 1 N–H and O–H groups in total. The highest BCUT2D eigenvalue weighted by molar-refractivity contribution is 7.89. The van der Waals surface area contributed by atoms with Gasteiger partial charge in [-0.3, -0.25) is 4.79 Å². The predicted octanol–water partition coefficient (Wildman–Crippen LogP) is 4.94. The molecule has 6 heteroatoms. The average molecular weight is 451 g/mol. The van der Waals surface area contributed by atoms with Crippen LogP contribution in [0, 0.1) is 13.8 Å². The summed E-state index contributed by atoms with van der Waals surface area (Å²) < 4.78 is 28.1. The Hall–Kier alpha value is -2.96. The van der Waals surface area contributed by atoms with Gasteiger partial charge in [-0.1, -0.05) is 48.5 Å². The molecule has 3 aromatic rings. The number of nitrogens with one attached hydrogen (secondary N) is 1. The van der Waals surface area contributed by atoms with Gasteiger partial charge >= 0.3 is 0 Å². The van der Waals surface area contributed by atoms with Crippen LogP contribution in [0.25, 0.3) is 0 Å². The minimum absolute atomic E-state index is 0.0169. The third kappa shape index (κ3) is 5.84. The summed E-state index contributed by atoms with van der Waals surface area (Å²) in [5.74, 6) is 0.0169. The quantitative estimate of drug-likeness (QED) is 0.529. The average Bonchev–Trinajstić information content (AvgIpc) is 2.79. The summed E-state index contributed by atoms with van der Waals surface area (Å²) in [7, 11) is -1.86. The zero-order valence-corrected chi connectivity index (χ0v) is 19.8. The van der Waals surface area contributed by atoms with E-state index in [0.29, 0.717) is 12.8 Å². The fourth-order valence-electron chi connectivity index (χ4n) is 3.44. The monoisotopic (exact) mass is 450 g/mol.